The molecular weight excluding hydrogens is 309 g/mol. The average molecular weight is 324 g/mol. The topological polar surface area (TPSA) is 0 Å². The highest BCUT2D eigenvalue weighted by Crippen LogP contribution is 2.66. The summed E-state index contributed by atoms with van der Waals surface area (Å²) < 4.78 is 40.9. The Morgan fingerprint density at radius 2 is 0.750 bits per heavy atom. The van der Waals surface area contributed by atoms with Crippen LogP contribution in [0, 0.1) is 17.5 Å². The number of halogens is 3. The molecule has 0 bridgehead atoms. The maximum absolute atomic E-state index is 13.6. The van der Waals surface area contributed by atoms with Crippen LogP contribution in [0.15, 0.2) is 72.8 Å². The van der Waals surface area contributed by atoms with Gasteiger partial charge in [-0.05, 0) is 70.8 Å². The number of benzene rings is 3. The number of hydrogen-bond acceptors (Lipinski definition) is 0. The molecule has 1 aliphatic carbocycles. The van der Waals surface area contributed by atoms with Crippen LogP contribution in [-0.4, -0.2) is 0 Å². The van der Waals surface area contributed by atoms with E-state index in [1.165, 1.54) is 36.4 Å². The molecule has 1 saturated carbocycles. The van der Waals surface area contributed by atoms with Gasteiger partial charge in [-0.2, -0.15) is 0 Å². The van der Waals surface area contributed by atoms with Crippen molar-refractivity contribution in [2.24, 2.45) is 0 Å². The Morgan fingerprint density at radius 3 is 1.00 bits per heavy atom. The first-order valence-electron chi connectivity index (χ1n) is 7.90. The molecule has 0 amide bonds. The molecule has 3 aromatic carbocycles. The fourth-order valence-electron chi connectivity index (χ4n) is 3.70. The standard InChI is InChI=1S/C21H15F3/c22-16-7-1-4-13(10-16)19-20(14-5-2-8-17(23)11-14)21(19)15-6-3-9-18(24)12-15/h1-12,19-21H. The second-order valence-electron chi connectivity index (χ2n) is 6.24. The van der Waals surface area contributed by atoms with Crippen LogP contribution in [0.1, 0.15) is 34.4 Å². The Morgan fingerprint density at radius 1 is 0.458 bits per heavy atom. The van der Waals surface area contributed by atoms with E-state index in [4.69, 9.17) is 0 Å². The van der Waals surface area contributed by atoms with Gasteiger partial charge in [0.1, 0.15) is 17.5 Å². The van der Waals surface area contributed by atoms with Crippen molar-refractivity contribution in [3.63, 3.8) is 0 Å². The molecule has 0 aromatic heterocycles. The molecule has 0 N–H and O–H groups in total. The van der Waals surface area contributed by atoms with Crippen LogP contribution < -0.4 is 0 Å². The van der Waals surface area contributed by atoms with Crippen molar-refractivity contribution in [2.75, 3.05) is 0 Å². The minimum absolute atomic E-state index is 0.0179. The largest absolute Gasteiger partial charge is 0.207 e. The van der Waals surface area contributed by atoms with Crippen molar-refractivity contribution >= 4 is 0 Å². The Labute approximate surface area is 138 Å². The van der Waals surface area contributed by atoms with E-state index in [0.29, 0.717) is 0 Å². The maximum Gasteiger partial charge on any atom is 0.123 e. The Hall–Kier alpha value is -2.55. The third-order valence-electron chi connectivity index (χ3n) is 4.72. The second-order valence-corrected chi connectivity index (χ2v) is 6.24. The summed E-state index contributed by atoms with van der Waals surface area (Å²) in [7, 11) is 0. The lowest BCUT2D eigenvalue weighted by molar-refractivity contribution is 0.623. The zero-order chi connectivity index (χ0) is 16.7. The van der Waals surface area contributed by atoms with E-state index in [1.807, 2.05) is 18.2 Å². The molecule has 3 heteroatoms. The molecule has 0 aliphatic heterocycles. The van der Waals surface area contributed by atoms with Crippen LogP contribution in [0.5, 0.6) is 0 Å². The molecule has 1 fully saturated rings. The van der Waals surface area contributed by atoms with Gasteiger partial charge >= 0.3 is 0 Å². The summed E-state index contributed by atoms with van der Waals surface area (Å²) in [5.41, 5.74) is 2.58. The quantitative estimate of drug-likeness (QED) is 0.574. The van der Waals surface area contributed by atoms with Crippen molar-refractivity contribution in [3.05, 3.63) is 107 Å². The molecular formula is C21H15F3. The van der Waals surface area contributed by atoms with Crippen LogP contribution in [-0.2, 0) is 0 Å². The van der Waals surface area contributed by atoms with Crippen molar-refractivity contribution in [1.29, 1.82) is 0 Å². The fourth-order valence-corrected chi connectivity index (χ4v) is 3.70. The normalized spacial score (nSPS) is 22.4. The van der Waals surface area contributed by atoms with Crippen molar-refractivity contribution < 1.29 is 13.2 Å². The lowest BCUT2D eigenvalue weighted by Crippen LogP contribution is -1.86. The lowest BCUT2D eigenvalue weighted by Gasteiger charge is -2.01. The van der Waals surface area contributed by atoms with Gasteiger partial charge in [-0.15, -0.1) is 0 Å². The number of rotatable bonds is 3. The molecule has 0 atom stereocenters. The van der Waals surface area contributed by atoms with E-state index < -0.39 is 0 Å². The first-order valence-corrected chi connectivity index (χ1v) is 7.90. The van der Waals surface area contributed by atoms with Crippen molar-refractivity contribution in [2.45, 2.75) is 17.8 Å². The molecule has 4 rings (SSSR count). The van der Waals surface area contributed by atoms with E-state index in [1.54, 1.807) is 18.2 Å². The zero-order valence-electron chi connectivity index (χ0n) is 12.8. The summed E-state index contributed by atoms with van der Waals surface area (Å²) in [5.74, 6) is -0.834. The van der Waals surface area contributed by atoms with Crippen LogP contribution in [0.25, 0.3) is 0 Å². The molecule has 24 heavy (non-hydrogen) atoms. The molecule has 0 nitrogen and oxygen atoms in total. The molecule has 0 saturated heterocycles. The van der Waals surface area contributed by atoms with Gasteiger partial charge in [0, 0.05) is 0 Å². The summed E-state index contributed by atoms with van der Waals surface area (Å²) in [6, 6.07) is 19.4. The van der Waals surface area contributed by atoms with Crippen LogP contribution in [0.3, 0.4) is 0 Å². The third-order valence-corrected chi connectivity index (χ3v) is 4.72. The van der Waals surface area contributed by atoms with Crippen LogP contribution >= 0.6 is 0 Å². The van der Waals surface area contributed by atoms with Gasteiger partial charge in [0.25, 0.3) is 0 Å². The SMILES string of the molecule is Fc1cccc(C2C(c3cccc(F)c3)C2c2cccc(F)c2)c1. The van der Waals surface area contributed by atoms with E-state index >= 15 is 0 Å². The highest BCUT2D eigenvalue weighted by Gasteiger charge is 2.52. The summed E-state index contributed by atoms with van der Waals surface area (Å²) >= 11 is 0. The Kier molecular flexibility index (Phi) is 3.64. The van der Waals surface area contributed by atoms with Gasteiger partial charge < -0.3 is 0 Å². The van der Waals surface area contributed by atoms with Crippen molar-refractivity contribution in [1.82, 2.24) is 0 Å². The van der Waals surface area contributed by atoms with Gasteiger partial charge in [0.15, 0.2) is 0 Å². The van der Waals surface area contributed by atoms with Crippen molar-refractivity contribution in [3.8, 4) is 0 Å². The molecule has 1 aliphatic rings. The molecule has 0 heterocycles. The van der Waals surface area contributed by atoms with E-state index in [2.05, 4.69) is 0 Å². The van der Waals surface area contributed by atoms with Gasteiger partial charge in [0.2, 0.25) is 0 Å². The highest BCUT2D eigenvalue weighted by atomic mass is 19.1. The minimum atomic E-state index is -0.296. The summed E-state index contributed by atoms with van der Waals surface area (Å²) in [6.07, 6.45) is 0. The predicted molar refractivity (Wildman–Crippen MR) is 87.4 cm³/mol. The Bertz CT molecular complexity index is 764. The number of hydrogen-bond donors (Lipinski definition) is 0. The third kappa shape index (κ3) is 2.71. The van der Waals surface area contributed by atoms with Crippen LogP contribution in [0.2, 0.25) is 0 Å². The highest BCUT2D eigenvalue weighted by molar-refractivity contribution is 5.47. The smallest absolute Gasteiger partial charge is 0.123 e. The average Bonchev–Trinajstić information content (AvgIpc) is 3.30. The second kappa shape index (κ2) is 5.82. The van der Waals surface area contributed by atoms with E-state index in [0.717, 1.165) is 16.7 Å². The molecule has 0 radical (unpaired) electrons. The Balaban J connectivity index is 1.77. The minimum Gasteiger partial charge on any atom is -0.207 e. The first kappa shape index (κ1) is 15.0. The summed E-state index contributed by atoms with van der Waals surface area (Å²) in [5, 5.41) is 0. The molecule has 0 unspecified atom stereocenters. The molecule has 0 spiro atoms. The van der Waals surface area contributed by atoms with Gasteiger partial charge in [-0.3, -0.25) is 0 Å². The monoisotopic (exact) mass is 324 g/mol. The molecule has 3 aromatic rings. The van der Waals surface area contributed by atoms with E-state index in [-0.39, 0.29) is 35.2 Å². The van der Waals surface area contributed by atoms with Gasteiger partial charge in [0.05, 0.1) is 0 Å². The fraction of sp³-hybridized carbons (Fsp3) is 0.143. The van der Waals surface area contributed by atoms with Crippen LogP contribution in [0.4, 0.5) is 13.2 Å². The van der Waals surface area contributed by atoms with E-state index in [9.17, 15) is 13.2 Å². The maximum atomic E-state index is 13.6. The van der Waals surface area contributed by atoms with Gasteiger partial charge in [-0.25, -0.2) is 13.2 Å². The molecule has 120 valence electrons. The lowest BCUT2D eigenvalue weighted by atomic mass is 10.0. The van der Waals surface area contributed by atoms with Gasteiger partial charge in [-0.1, -0.05) is 36.4 Å². The first-order chi connectivity index (χ1) is 11.6. The zero-order valence-corrected chi connectivity index (χ0v) is 12.8. The summed E-state index contributed by atoms with van der Waals surface area (Å²) in [6.45, 7) is 0. The predicted octanol–water partition coefficient (Wildman–Crippen LogP) is 5.77. The summed E-state index contributed by atoms with van der Waals surface area (Å²) in [4.78, 5) is 0.